The lowest BCUT2D eigenvalue weighted by Crippen LogP contribution is -2.32. The lowest BCUT2D eigenvalue weighted by molar-refractivity contribution is -0.139. The van der Waals surface area contributed by atoms with Crippen LogP contribution in [-0.2, 0) is 9.53 Å². The molecule has 0 spiro atoms. The van der Waals surface area contributed by atoms with Crippen LogP contribution in [0, 0.1) is 6.92 Å². The van der Waals surface area contributed by atoms with Crippen LogP contribution in [0.5, 0.6) is 11.5 Å². The fraction of sp³-hybridized carbons (Fsp3) is 0.182. The fourth-order valence-corrected chi connectivity index (χ4v) is 3.64. The van der Waals surface area contributed by atoms with Crippen LogP contribution in [0.25, 0.3) is 10.9 Å². The van der Waals surface area contributed by atoms with Gasteiger partial charge in [-0.2, -0.15) is 0 Å². The van der Waals surface area contributed by atoms with Crippen molar-refractivity contribution in [2.75, 3.05) is 6.61 Å². The van der Waals surface area contributed by atoms with Gasteiger partial charge < -0.3 is 25.3 Å². The van der Waals surface area contributed by atoms with E-state index in [-0.39, 0.29) is 34.9 Å². The molecule has 0 saturated carbocycles. The third kappa shape index (κ3) is 3.10. The lowest BCUT2D eigenvalue weighted by Gasteiger charge is -2.28. The molecule has 0 radical (unpaired) electrons. The van der Waals surface area contributed by atoms with Crippen molar-refractivity contribution in [3.8, 4) is 11.5 Å². The van der Waals surface area contributed by atoms with Crippen LogP contribution in [0.3, 0.4) is 0 Å². The summed E-state index contributed by atoms with van der Waals surface area (Å²) in [5, 5.41) is 10.4. The molecule has 1 aliphatic rings. The lowest BCUT2D eigenvalue weighted by atomic mass is 9.83. The number of ether oxygens (including phenoxy) is 2. The molecule has 7 heteroatoms. The highest BCUT2D eigenvalue weighted by Gasteiger charge is 2.38. The Labute approximate surface area is 166 Å². The maximum Gasteiger partial charge on any atom is 0.340 e. The number of pyridine rings is 1. The number of hydrogen-bond acceptors (Lipinski definition) is 6. The number of benzene rings is 2. The number of fused-ring (bicyclic) bond motifs is 3. The Balaban J connectivity index is 2.05. The highest BCUT2D eigenvalue weighted by molar-refractivity contribution is 5.95. The van der Waals surface area contributed by atoms with Gasteiger partial charge in [-0.1, -0.05) is 23.8 Å². The quantitative estimate of drug-likeness (QED) is 0.591. The summed E-state index contributed by atoms with van der Waals surface area (Å²) in [5.41, 5.74) is 8.30. The van der Waals surface area contributed by atoms with E-state index in [1.54, 1.807) is 25.1 Å². The van der Waals surface area contributed by atoms with Gasteiger partial charge in [0, 0.05) is 5.39 Å². The second-order valence-corrected chi connectivity index (χ2v) is 6.87. The number of nitrogens with two attached hydrogens (primary N) is 1. The average molecular weight is 392 g/mol. The summed E-state index contributed by atoms with van der Waals surface area (Å²) in [4.78, 5) is 28.6. The molecule has 29 heavy (non-hydrogen) atoms. The van der Waals surface area contributed by atoms with Crippen LogP contribution in [0.15, 0.2) is 58.7 Å². The number of hydrogen-bond donors (Lipinski definition) is 3. The summed E-state index contributed by atoms with van der Waals surface area (Å²) >= 11 is 0. The van der Waals surface area contributed by atoms with Gasteiger partial charge in [-0.3, -0.25) is 4.79 Å². The van der Waals surface area contributed by atoms with Crippen molar-refractivity contribution in [3.63, 3.8) is 0 Å². The van der Waals surface area contributed by atoms with Crippen molar-refractivity contribution < 1.29 is 19.4 Å². The minimum Gasteiger partial charge on any atom is -0.508 e. The van der Waals surface area contributed by atoms with Gasteiger partial charge >= 0.3 is 5.97 Å². The monoisotopic (exact) mass is 392 g/mol. The third-order valence-electron chi connectivity index (χ3n) is 4.93. The average Bonchev–Trinajstić information content (AvgIpc) is 2.68. The van der Waals surface area contributed by atoms with Crippen molar-refractivity contribution in [1.82, 2.24) is 4.98 Å². The molecule has 0 saturated heterocycles. The number of aromatic hydroxyl groups is 1. The Morgan fingerprint density at radius 2 is 1.97 bits per heavy atom. The molecule has 4 rings (SSSR count). The molecular formula is C22H20N2O5. The van der Waals surface area contributed by atoms with E-state index in [1.165, 1.54) is 12.1 Å². The number of aromatic nitrogens is 1. The number of phenols is 1. The highest BCUT2D eigenvalue weighted by Crippen LogP contribution is 2.43. The largest absolute Gasteiger partial charge is 0.508 e. The van der Waals surface area contributed by atoms with Crippen LogP contribution in [-0.4, -0.2) is 22.7 Å². The number of esters is 1. The number of aromatic amines is 1. The first kappa shape index (κ1) is 18.6. The van der Waals surface area contributed by atoms with Gasteiger partial charge in [0.05, 0.1) is 23.6 Å². The number of rotatable bonds is 3. The first-order chi connectivity index (χ1) is 13.9. The van der Waals surface area contributed by atoms with E-state index in [1.807, 2.05) is 19.1 Å². The number of carbonyl (C=O) groups is 1. The Morgan fingerprint density at radius 1 is 1.24 bits per heavy atom. The van der Waals surface area contributed by atoms with Gasteiger partial charge in [-0.15, -0.1) is 0 Å². The van der Waals surface area contributed by atoms with Crippen molar-refractivity contribution in [2.45, 2.75) is 19.8 Å². The zero-order chi connectivity index (χ0) is 20.7. The van der Waals surface area contributed by atoms with Crippen LogP contribution >= 0.6 is 0 Å². The van der Waals surface area contributed by atoms with Crippen molar-refractivity contribution in [1.29, 1.82) is 0 Å². The molecule has 2 heterocycles. The summed E-state index contributed by atoms with van der Waals surface area (Å²) in [5.74, 6) is -1.18. The molecule has 0 bridgehead atoms. The van der Waals surface area contributed by atoms with Gasteiger partial charge in [0.15, 0.2) is 0 Å². The van der Waals surface area contributed by atoms with E-state index < -0.39 is 11.9 Å². The van der Waals surface area contributed by atoms with Gasteiger partial charge in [0.2, 0.25) is 5.88 Å². The second kappa shape index (κ2) is 7.01. The molecule has 2 aromatic carbocycles. The van der Waals surface area contributed by atoms with Gasteiger partial charge in [-0.05, 0) is 43.7 Å². The van der Waals surface area contributed by atoms with Gasteiger partial charge in [0.25, 0.3) is 5.56 Å². The van der Waals surface area contributed by atoms with Crippen molar-refractivity contribution in [3.05, 3.63) is 81.0 Å². The molecule has 1 atom stereocenters. The molecular weight excluding hydrogens is 372 g/mol. The summed E-state index contributed by atoms with van der Waals surface area (Å²) in [6.07, 6.45) is 0. The predicted molar refractivity (Wildman–Crippen MR) is 108 cm³/mol. The highest BCUT2D eigenvalue weighted by atomic mass is 16.5. The topological polar surface area (TPSA) is 115 Å². The van der Waals surface area contributed by atoms with Crippen LogP contribution < -0.4 is 16.0 Å². The molecule has 4 N–H and O–H groups in total. The van der Waals surface area contributed by atoms with Gasteiger partial charge in [-0.25, -0.2) is 4.79 Å². The summed E-state index contributed by atoms with van der Waals surface area (Å²) < 4.78 is 11.0. The first-order valence-corrected chi connectivity index (χ1v) is 9.20. The molecule has 1 aliphatic heterocycles. The molecule has 3 aromatic rings. The van der Waals surface area contributed by atoms with Crippen molar-refractivity contribution >= 4 is 16.9 Å². The van der Waals surface area contributed by atoms with Crippen LogP contribution in [0.2, 0.25) is 0 Å². The third-order valence-corrected chi connectivity index (χ3v) is 4.93. The molecule has 7 nitrogen and oxygen atoms in total. The number of carbonyl (C=O) groups excluding carboxylic acids is 1. The molecule has 0 amide bonds. The van der Waals surface area contributed by atoms with E-state index in [2.05, 4.69) is 4.98 Å². The molecule has 0 fully saturated rings. The number of phenolic OH excluding ortho intramolecular Hbond substituents is 1. The molecule has 148 valence electrons. The smallest absolute Gasteiger partial charge is 0.340 e. The minimum absolute atomic E-state index is 0.0579. The predicted octanol–water partition coefficient (Wildman–Crippen LogP) is 2.80. The van der Waals surface area contributed by atoms with Crippen LogP contribution in [0.1, 0.15) is 29.5 Å². The number of nitrogens with one attached hydrogen (secondary N) is 1. The van der Waals surface area contributed by atoms with E-state index in [0.29, 0.717) is 22.2 Å². The SMILES string of the molecule is CCOC(=O)C1=C(N)Oc2c(c(=O)[nH]c3ccc(C)cc23)C1c1ccc(O)cc1. The molecule has 1 aromatic heterocycles. The zero-order valence-corrected chi connectivity index (χ0v) is 16.0. The Morgan fingerprint density at radius 3 is 2.66 bits per heavy atom. The van der Waals surface area contributed by atoms with Crippen LogP contribution in [0.4, 0.5) is 0 Å². The Bertz CT molecular complexity index is 1210. The summed E-state index contributed by atoms with van der Waals surface area (Å²) in [6, 6.07) is 11.8. The fourth-order valence-electron chi connectivity index (χ4n) is 3.64. The van der Waals surface area contributed by atoms with E-state index in [9.17, 15) is 14.7 Å². The first-order valence-electron chi connectivity index (χ1n) is 9.20. The van der Waals surface area contributed by atoms with Gasteiger partial charge in [0.1, 0.15) is 17.1 Å². The molecule has 1 unspecified atom stereocenters. The Kier molecular flexibility index (Phi) is 4.50. The standard InChI is InChI=1S/C22H20N2O5/c1-3-28-22(27)18-16(12-5-7-13(25)8-6-12)17-19(29-20(18)23)14-10-11(2)4-9-15(14)24-21(17)26/h4-10,16,25H,3,23H2,1-2H3,(H,24,26). The molecule has 0 aliphatic carbocycles. The minimum atomic E-state index is -0.799. The Hall–Kier alpha value is -3.74. The maximum absolute atomic E-state index is 13.0. The summed E-state index contributed by atoms with van der Waals surface area (Å²) in [6.45, 7) is 3.77. The van der Waals surface area contributed by atoms with E-state index >= 15 is 0 Å². The zero-order valence-electron chi connectivity index (χ0n) is 16.0. The van der Waals surface area contributed by atoms with E-state index in [0.717, 1.165) is 5.56 Å². The van der Waals surface area contributed by atoms with Crippen molar-refractivity contribution in [2.24, 2.45) is 5.73 Å². The summed E-state index contributed by atoms with van der Waals surface area (Å²) in [7, 11) is 0. The maximum atomic E-state index is 13.0. The number of aryl methyl sites for hydroxylation is 1. The number of H-pyrrole nitrogens is 1. The van der Waals surface area contributed by atoms with E-state index in [4.69, 9.17) is 15.2 Å². The normalized spacial score (nSPS) is 15.7. The second-order valence-electron chi connectivity index (χ2n) is 6.87.